The Morgan fingerprint density at radius 1 is 1.35 bits per heavy atom. The van der Waals surface area contributed by atoms with Crippen molar-refractivity contribution in [2.75, 3.05) is 25.0 Å². The number of nitrogens with one attached hydrogen (secondary N) is 2. The minimum absolute atomic E-state index is 0.728. The number of piperidine rings is 1. The summed E-state index contributed by atoms with van der Waals surface area (Å²) in [5.74, 6) is 0.728. The first kappa shape index (κ1) is 13.5. The normalized spacial score (nSPS) is 16.2. The maximum Gasteiger partial charge on any atom is 0.0992 e. The highest BCUT2D eigenvalue weighted by molar-refractivity contribution is 6.33. The largest absolute Gasteiger partial charge is 0.383 e. The molecule has 1 aromatic heterocycles. The molecule has 0 saturated carbocycles. The van der Waals surface area contributed by atoms with Gasteiger partial charge in [0.15, 0.2) is 0 Å². The summed E-state index contributed by atoms with van der Waals surface area (Å²) in [4.78, 5) is 4.10. The SMILES string of the molecule is Clc1cccc(NCC2CCNCC2)c1-n1ccnc1. The summed E-state index contributed by atoms with van der Waals surface area (Å²) in [6.45, 7) is 3.23. The second kappa shape index (κ2) is 6.29. The van der Waals surface area contributed by atoms with E-state index in [0.29, 0.717) is 0 Å². The fourth-order valence-electron chi connectivity index (χ4n) is 2.65. The molecular formula is C15H19ClN4. The minimum atomic E-state index is 0.728. The van der Waals surface area contributed by atoms with Gasteiger partial charge in [0, 0.05) is 18.9 Å². The van der Waals surface area contributed by atoms with E-state index in [2.05, 4.69) is 21.7 Å². The number of aromatic nitrogens is 2. The molecule has 20 heavy (non-hydrogen) atoms. The number of halogens is 1. The molecule has 1 aliphatic heterocycles. The number of imidazole rings is 1. The average molecular weight is 291 g/mol. The third kappa shape index (κ3) is 2.97. The van der Waals surface area contributed by atoms with E-state index in [-0.39, 0.29) is 0 Å². The molecule has 1 aromatic carbocycles. The molecule has 0 aliphatic carbocycles. The lowest BCUT2D eigenvalue weighted by Crippen LogP contribution is -2.31. The number of benzene rings is 1. The molecule has 106 valence electrons. The van der Waals surface area contributed by atoms with Gasteiger partial charge in [-0.2, -0.15) is 0 Å². The number of rotatable bonds is 4. The van der Waals surface area contributed by atoms with Crippen LogP contribution in [0.1, 0.15) is 12.8 Å². The zero-order chi connectivity index (χ0) is 13.8. The van der Waals surface area contributed by atoms with Crippen LogP contribution in [0.25, 0.3) is 5.69 Å². The van der Waals surface area contributed by atoms with Crippen molar-refractivity contribution >= 4 is 17.3 Å². The highest BCUT2D eigenvalue weighted by atomic mass is 35.5. The molecule has 0 atom stereocenters. The molecule has 0 unspecified atom stereocenters. The lowest BCUT2D eigenvalue weighted by molar-refractivity contribution is 0.390. The quantitative estimate of drug-likeness (QED) is 0.910. The molecule has 1 aliphatic rings. The zero-order valence-electron chi connectivity index (χ0n) is 11.3. The maximum absolute atomic E-state index is 6.34. The fourth-order valence-corrected chi connectivity index (χ4v) is 2.92. The number of anilines is 1. The molecule has 2 N–H and O–H groups in total. The summed E-state index contributed by atoms with van der Waals surface area (Å²) in [5.41, 5.74) is 2.04. The van der Waals surface area contributed by atoms with Gasteiger partial charge in [-0.25, -0.2) is 4.98 Å². The monoisotopic (exact) mass is 290 g/mol. The molecule has 0 spiro atoms. The standard InChI is InChI=1S/C15H19ClN4/c16-13-2-1-3-14(15(13)20-9-8-18-11-20)19-10-12-4-6-17-7-5-12/h1-3,8-9,11-12,17,19H,4-7,10H2. The van der Waals surface area contributed by atoms with Crippen molar-refractivity contribution in [2.45, 2.75) is 12.8 Å². The summed E-state index contributed by atoms with van der Waals surface area (Å²) in [7, 11) is 0. The van der Waals surface area contributed by atoms with Crippen LogP contribution in [0.15, 0.2) is 36.9 Å². The van der Waals surface area contributed by atoms with Gasteiger partial charge in [0.25, 0.3) is 0 Å². The molecule has 5 heteroatoms. The van der Waals surface area contributed by atoms with Gasteiger partial charge in [-0.1, -0.05) is 17.7 Å². The predicted molar refractivity (Wildman–Crippen MR) is 82.7 cm³/mol. The van der Waals surface area contributed by atoms with E-state index in [1.54, 1.807) is 12.5 Å². The first-order valence-electron chi connectivity index (χ1n) is 7.06. The Morgan fingerprint density at radius 2 is 2.20 bits per heavy atom. The first-order chi connectivity index (χ1) is 9.84. The Balaban J connectivity index is 1.77. The van der Waals surface area contributed by atoms with Crippen molar-refractivity contribution in [1.82, 2.24) is 14.9 Å². The van der Waals surface area contributed by atoms with Crippen LogP contribution in [0, 0.1) is 5.92 Å². The zero-order valence-corrected chi connectivity index (χ0v) is 12.1. The van der Waals surface area contributed by atoms with E-state index in [9.17, 15) is 0 Å². The summed E-state index contributed by atoms with van der Waals surface area (Å²) in [5, 5.41) is 7.68. The number of hydrogen-bond acceptors (Lipinski definition) is 3. The van der Waals surface area contributed by atoms with Gasteiger partial charge < -0.3 is 15.2 Å². The summed E-state index contributed by atoms with van der Waals surface area (Å²) in [6, 6.07) is 5.96. The van der Waals surface area contributed by atoms with E-state index in [1.165, 1.54) is 12.8 Å². The van der Waals surface area contributed by atoms with Gasteiger partial charge in [-0.15, -0.1) is 0 Å². The number of hydrogen-bond donors (Lipinski definition) is 2. The third-order valence-electron chi connectivity index (χ3n) is 3.79. The van der Waals surface area contributed by atoms with Crippen molar-refractivity contribution in [3.05, 3.63) is 41.9 Å². The highest BCUT2D eigenvalue weighted by Crippen LogP contribution is 2.28. The van der Waals surface area contributed by atoms with Gasteiger partial charge in [0.2, 0.25) is 0 Å². The second-order valence-electron chi connectivity index (χ2n) is 5.18. The highest BCUT2D eigenvalue weighted by Gasteiger charge is 2.14. The third-order valence-corrected chi connectivity index (χ3v) is 4.09. The molecule has 2 heterocycles. The lowest BCUT2D eigenvalue weighted by atomic mass is 9.98. The first-order valence-corrected chi connectivity index (χ1v) is 7.44. The predicted octanol–water partition coefficient (Wildman–Crippen LogP) is 2.94. The van der Waals surface area contributed by atoms with Crippen LogP contribution in [-0.2, 0) is 0 Å². The van der Waals surface area contributed by atoms with E-state index in [1.807, 2.05) is 22.9 Å². The van der Waals surface area contributed by atoms with Gasteiger partial charge in [0.05, 0.1) is 22.7 Å². The summed E-state index contributed by atoms with van der Waals surface area (Å²) >= 11 is 6.34. The van der Waals surface area contributed by atoms with Crippen LogP contribution < -0.4 is 10.6 Å². The molecule has 3 rings (SSSR count). The number of nitrogens with zero attached hydrogens (tertiary/aromatic N) is 2. The molecule has 0 amide bonds. The minimum Gasteiger partial charge on any atom is -0.383 e. The smallest absolute Gasteiger partial charge is 0.0992 e. The van der Waals surface area contributed by atoms with Gasteiger partial charge >= 0.3 is 0 Å². The van der Waals surface area contributed by atoms with E-state index >= 15 is 0 Å². The lowest BCUT2D eigenvalue weighted by Gasteiger charge is -2.24. The van der Waals surface area contributed by atoms with Crippen LogP contribution in [-0.4, -0.2) is 29.2 Å². The molecule has 0 radical (unpaired) electrons. The molecule has 2 aromatic rings. The topological polar surface area (TPSA) is 41.9 Å². The maximum atomic E-state index is 6.34. The average Bonchev–Trinajstić information content (AvgIpc) is 3.00. The summed E-state index contributed by atoms with van der Waals surface area (Å²) in [6.07, 6.45) is 7.91. The van der Waals surface area contributed by atoms with E-state index < -0.39 is 0 Å². The summed E-state index contributed by atoms with van der Waals surface area (Å²) < 4.78 is 1.95. The molecule has 4 nitrogen and oxygen atoms in total. The van der Waals surface area contributed by atoms with Crippen molar-refractivity contribution in [1.29, 1.82) is 0 Å². The van der Waals surface area contributed by atoms with Gasteiger partial charge in [-0.3, -0.25) is 0 Å². The van der Waals surface area contributed by atoms with Crippen LogP contribution in [0.2, 0.25) is 5.02 Å². The van der Waals surface area contributed by atoms with E-state index in [0.717, 1.165) is 41.9 Å². The van der Waals surface area contributed by atoms with Crippen LogP contribution in [0.3, 0.4) is 0 Å². The van der Waals surface area contributed by atoms with Crippen molar-refractivity contribution in [2.24, 2.45) is 5.92 Å². The molecule has 1 fully saturated rings. The van der Waals surface area contributed by atoms with Gasteiger partial charge in [-0.05, 0) is 44.0 Å². The van der Waals surface area contributed by atoms with Crippen LogP contribution in [0.5, 0.6) is 0 Å². The van der Waals surface area contributed by atoms with Gasteiger partial charge in [0.1, 0.15) is 0 Å². The second-order valence-corrected chi connectivity index (χ2v) is 5.59. The van der Waals surface area contributed by atoms with Crippen molar-refractivity contribution in [3.8, 4) is 5.69 Å². The Kier molecular flexibility index (Phi) is 4.23. The molecule has 1 saturated heterocycles. The Morgan fingerprint density at radius 3 is 2.95 bits per heavy atom. The Labute approximate surface area is 124 Å². The fraction of sp³-hybridized carbons (Fsp3) is 0.400. The van der Waals surface area contributed by atoms with Crippen molar-refractivity contribution in [3.63, 3.8) is 0 Å². The number of para-hydroxylation sites is 1. The Hall–Kier alpha value is -1.52. The van der Waals surface area contributed by atoms with Crippen LogP contribution >= 0.6 is 11.6 Å². The Bertz CT molecular complexity index is 547. The molecular weight excluding hydrogens is 272 g/mol. The van der Waals surface area contributed by atoms with E-state index in [4.69, 9.17) is 11.6 Å². The molecule has 0 bridgehead atoms. The van der Waals surface area contributed by atoms with Crippen molar-refractivity contribution < 1.29 is 0 Å². The van der Waals surface area contributed by atoms with Crippen LogP contribution in [0.4, 0.5) is 5.69 Å².